The van der Waals surface area contributed by atoms with Gasteiger partial charge in [0.1, 0.15) is 18.1 Å². The zero-order valence-corrected chi connectivity index (χ0v) is 12.8. The number of nitrogens with one attached hydrogen (secondary N) is 3. The molecule has 0 aromatic carbocycles. The summed E-state index contributed by atoms with van der Waals surface area (Å²) in [5.41, 5.74) is 5.39. The molecule has 8 N–H and O–H groups in total. The largest absolute Gasteiger partial charge is 0.480 e. The van der Waals surface area contributed by atoms with E-state index in [1.54, 1.807) is 0 Å². The third-order valence-electron chi connectivity index (χ3n) is 2.81. The van der Waals surface area contributed by atoms with Crippen molar-refractivity contribution in [1.82, 2.24) is 16.0 Å². The first-order chi connectivity index (χ1) is 10.6. The second-order valence-electron chi connectivity index (χ2n) is 4.86. The first-order valence-corrected chi connectivity index (χ1v) is 6.74. The standard InChI is InChI=1S/C12H22N4O7/c1-5(15-11(21)9(13)6(2)18)10(20)14-3-8(19)16-7(4-17)12(22)23/h5-7,9,17-18H,3-4,13H2,1-2H3,(H,14,20)(H,15,21)(H,16,19)(H,22,23). The van der Waals surface area contributed by atoms with Crippen LogP contribution in [0.5, 0.6) is 0 Å². The van der Waals surface area contributed by atoms with Gasteiger partial charge in [-0.05, 0) is 13.8 Å². The summed E-state index contributed by atoms with van der Waals surface area (Å²) in [4.78, 5) is 45.3. The van der Waals surface area contributed by atoms with Crippen LogP contribution in [0.4, 0.5) is 0 Å². The first-order valence-electron chi connectivity index (χ1n) is 6.74. The maximum absolute atomic E-state index is 11.7. The van der Waals surface area contributed by atoms with Crippen molar-refractivity contribution in [3.8, 4) is 0 Å². The Labute approximate surface area is 132 Å². The van der Waals surface area contributed by atoms with E-state index in [0.717, 1.165) is 0 Å². The van der Waals surface area contributed by atoms with E-state index < -0.39 is 61.1 Å². The van der Waals surface area contributed by atoms with Gasteiger partial charge in [-0.25, -0.2) is 4.79 Å². The Morgan fingerprint density at radius 2 is 1.65 bits per heavy atom. The van der Waals surface area contributed by atoms with Crippen LogP contribution in [0.3, 0.4) is 0 Å². The summed E-state index contributed by atoms with van der Waals surface area (Å²) in [6.07, 6.45) is -1.09. The van der Waals surface area contributed by atoms with E-state index in [4.69, 9.17) is 21.1 Å². The lowest BCUT2D eigenvalue weighted by Crippen LogP contribution is -2.54. The van der Waals surface area contributed by atoms with Crippen molar-refractivity contribution in [2.75, 3.05) is 13.2 Å². The van der Waals surface area contributed by atoms with E-state index in [9.17, 15) is 19.2 Å². The summed E-state index contributed by atoms with van der Waals surface area (Å²) in [5.74, 6) is -3.68. The number of carboxylic acid groups (broad SMARTS) is 1. The third-order valence-corrected chi connectivity index (χ3v) is 2.81. The average molecular weight is 334 g/mol. The van der Waals surface area contributed by atoms with Crippen LogP contribution in [0.15, 0.2) is 0 Å². The number of amides is 3. The Balaban J connectivity index is 4.30. The molecule has 0 aliphatic heterocycles. The van der Waals surface area contributed by atoms with Gasteiger partial charge in [-0.3, -0.25) is 14.4 Å². The number of hydrogen-bond acceptors (Lipinski definition) is 7. The number of aliphatic hydroxyl groups excluding tert-OH is 2. The lowest BCUT2D eigenvalue weighted by atomic mass is 10.1. The molecule has 0 rings (SSSR count). The highest BCUT2D eigenvalue weighted by atomic mass is 16.4. The normalized spacial score (nSPS) is 15.7. The van der Waals surface area contributed by atoms with Crippen molar-refractivity contribution in [2.45, 2.75) is 38.1 Å². The molecule has 11 heteroatoms. The van der Waals surface area contributed by atoms with Gasteiger partial charge in [0.05, 0.1) is 19.3 Å². The highest BCUT2D eigenvalue weighted by Gasteiger charge is 2.24. The Bertz CT molecular complexity index is 455. The van der Waals surface area contributed by atoms with Crippen LogP contribution in [0.1, 0.15) is 13.8 Å². The van der Waals surface area contributed by atoms with Crippen molar-refractivity contribution < 1.29 is 34.5 Å². The quantitative estimate of drug-likeness (QED) is 0.221. The lowest BCUT2D eigenvalue weighted by Gasteiger charge is -2.19. The molecule has 132 valence electrons. The minimum atomic E-state index is -1.47. The van der Waals surface area contributed by atoms with E-state index in [1.165, 1.54) is 13.8 Å². The smallest absolute Gasteiger partial charge is 0.328 e. The predicted octanol–water partition coefficient (Wildman–Crippen LogP) is -4.12. The highest BCUT2D eigenvalue weighted by Crippen LogP contribution is 1.91. The van der Waals surface area contributed by atoms with Gasteiger partial charge in [-0.15, -0.1) is 0 Å². The number of aliphatic hydroxyl groups is 2. The van der Waals surface area contributed by atoms with Crippen molar-refractivity contribution in [3.63, 3.8) is 0 Å². The molecule has 0 aliphatic rings. The van der Waals surface area contributed by atoms with E-state index in [2.05, 4.69) is 10.6 Å². The molecule has 0 heterocycles. The average Bonchev–Trinajstić information content (AvgIpc) is 2.48. The van der Waals surface area contributed by atoms with Gasteiger partial charge in [-0.1, -0.05) is 0 Å². The third kappa shape index (κ3) is 7.54. The Hall–Kier alpha value is -2.24. The SMILES string of the molecule is CC(NC(=O)C(N)C(C)O)C(=O)NCC(=O)NC(CO)C(=O)O. The molecule has 0 radical (unpaired) electrons. The second-order valence-corrected chi connectivity index (χ2v) is 4.86. The maximum Gasteiger partial charge on any atom is 0.328 e. The minimum absolute atomic E-state index is 0.536. The van der Waals surface area contributed by atoms with Crippen molar-refractivity contribution in [2.24, 2.45) is 5.73 Å². The predicted molar refractivity (Wildman–Crippen MR) is 76.9 cm³/mol. The molecule has 0 saturated heterocycles. The molecule has 0 fully saturated rings. The van der Waals surface area contributed by atoms with Gasteiger partial charge in [0.25, 0.3) is 0 Å². The second kappa shape index (κ2) is 9.71. The zero-order chi connectivity index (χ0) is 18.2. The van der Waals surface area contributed by atoms with E-state index >= 15 is 0 Å². The van der Waals surface area contributed by atoms with Gasteiger partial charge in [-0.2, -0.15) is 0 Å². The summed E-state index contributed by atoms with van der Waals surface area (Å²) < 4.78 is 0. The number of aliphatic carboxylic acids is 1. The minimum Gasteiger partial charge on any atom is -0.480 e. The monoisotopic (exact) mass is 334 g/mol. The highest BCUT2D eigenvalue weighted by molar-refractivity contribution is 5.92. The summed E-state index contributed by atoms with van der Waals surface area (Å²) in [6.45, 7) is 1.33. The zero-order valence-electron chi connectivity index (χ0n) is 12.8. The molecule has 23 heavy (non-hydrogen) atoms. The molecule has 0 aromatic heterocycles. The fourth-order valence-electron chi connectivity index (χ4n) is 1.35. The number of carboxylic acids is 1. The summed E-state index contributed by atoms with van der Waals surface area (Å²) in [6, 6.07) is -3.69. The summed E-state index contributed by atoms with van der Waals surface area (Å²) >= 11 is 0. The molecule has 11 nitrogen and oxygen atoms in total. The fourth-order valence-corrected chi connectivity index (χ4v) is 1.35. The van der Waals surface area contributed by atoms with Gasteiger partial charge in [0, 0.05) is 0 Å². The molecule has 0 aromatic rings. The molecular formula is C12H22N4O7. The van der Waals surface area contributed by atoms with Crippen molar-refractivity contribution in [1.29, 1.82) is 0 Å². The van der Waals surface area contributed by atoms with E-state index in [-0.39, 0.29) is 0 Å². The van der Waals surface area contributed by atoms with Crippen LogP contribution in [0, 0.1) is 0 Å². The Morgan fingerprint density at radius 1 is 1.09 bits per heavy atom. The van der Waals surface area contributed by atoms with Crippen LogP contribution in [0.25, 0.3) is 0 Å². The Kier molecular flexibility index (Phi) is 8.77. The molecule has 0 bridgehead atoms. The van der Waals surface area contributed by atoms with Gasteiger partial charge in [0.2, 0.25) is 17.7 Å². The fraction of sp³-hybridized carbons (Fsp3) is 0.667. The molecule has 0 saturated carbocycles. The summed E-state index contributed by atoms with van der Waals surface area (Å²) in [7, 11) is 0. The van der Waals surface area contributed by atoms with E-state index in [0.29, 0.717) is 0 Å². The number of nitrogens with two attached hydrogens (primary N) is 1. The van der Waals surface area contributed by atoms with Crippen molar-refractivity contribution in [3.05, 3.63) is 0 Å². The van der Waals surface area contributed by atoms with Crippen LogP contribution in [0.2, 0.25) is 0 Å². The molecule has 0 spiro atoms. The lowest BCUT2D eigenvalue weighted by molar-refractivity contribution is -0.142. The van der Waals surface area contributed by atoms with Gasteiger partial charge < -0.3 is 37.0 Å². The molecule has 0 aliphatic carbocycles. The van der Waals surface area contributed by atoms with E-state index in [1.807, 2.05) is 5.32 Å². The van der Waals surface area contributed by atoms with Crippen LogP contribution >= 0.6 is 0 Å². The van der Waals surface area contributed by atoms with Crippen molar-refractivity contribution >= 4 is 23.7 Å². The van der Waals surface area contributed by atoms with Crippen LogP contribution < -0.4 is 21.7 Å². The van der Waals surface area contributed by atoms with Gasteiger partial charge in [0.15, 0.2) is 0 Å². The number of carbonyl (C=O) groups excluding carboxylic acids is 3. The molecule has 4 atom stereocenters. The van der Waals surface area contributed by atoms with Gasteiger partial charge >= 0.3 is 5.97 Å². The number of rotatable bonds is 9. The van der Waals surface area contributed by atoms with Crippen LogP contribution in [-0.4, -0.2) is 76.4 Å². The number of hydrogen-bond donors (Lipinski definition) is 7. The topological polar surface area (TPSA) is 191 Å². The Morgan fingerprint density at radius 3 is 2.09 bits per heavy atom. The number of carbonyl (C=O) groups is 4. The summed E-state index contributed by atoms with van der Waals surface area (Å²) in [5, 5.41) is 33.0. The maximum atomic E-state index is 11.7. The molecule has 3 amide bonds. The first kappa shape index (κ1) is 20.8. The molecular weight excluding hydrogens is 312 g/mol. The molecule has 4 unspecified atom stereocenters. The van der Waals surface area contributed by atoms with Crippen LogP contribution in [-0.2, 0) is 19.2 Å².